The van der Waals surface area contributed by atoms with Crippen LogP contribution in [0.25, 0.3) is 0 Å². The largest absolute Gasteiger partial charge is 0.495 e. The van der Waals surface area contributed by atoms with Gasteiger partial charge in [-0.2, -0.15) is 0 Å². The lowest BCUT2D eigenvalue weighted by molar-refractivity contribution is 0.272. The summed E-state index contributed by atoms with van der Waals surface area (Å²) in [4.78, 5) is 0. The minimum atomic E-state index is 0.0425. The van der Waals surface area contributed by atoms with Gasteiger partial charge in [0, 0.05) is 5.56 Å². The first-order chi connectivity index (χ1) is 7.70. The van der Waals surface area contributed by atoms with Crippen molar-refractivity contribution in [1.29, 1.82) is 0 Å². The molecule has 0 heterocycles. The molecule has 88 valence electrons. The minimum absolute atomic E-state index is 0.0425. The van der Waals surface area contributed by atoms with Crippen LogP contribution < -0.4 is 4.74 Å². The van der Waals surface area contributed by atoms with Gasteiger partial charge in [0.05, 0.1) is 18.2 Å². The van der Waals surface area contributed by atoms with E-state index in [0.29, 0.717) is 0 Å². The zero-order valence-electron chi connectivity index (χ0n) is 9.77. The number of hydrogen-bond acceptors (Lipinski definition) is 2. The van der Waals surface area contributed by atoms with E-state index in [-0.39, 0.29) is 6.61 Å². The molecule has 0 saturated heterocycles. The van der Waals surface area contributed by atoms with Crippen LogP contribution in [0.5, 0.6) is 5.75 Å². The number of aliphatic hydroxyl groups excluding tert-OH is 1. The van der Waals surface area contributed by atoms with Gasteiger partial charge in [-0.3, -0.25) is 0 Å². The highest BCUT2D eigenvalue weighted by Crippen LogP contribution is 2.40. The van der Waals surface area contributed by atoms with E-state index < -0.39 is 0 Å². The van der Waals surface area contributed by atoms with E-state index in [4.69, 9.17) is 4.74 Å². The molecule has 0 radical (unpaired) electrons. The summed E-state index contributed by atoms with van der Waals surface area (Å²) in [5.41, 5.74) is 4.91. The SMILES string of the molecule is COc1c(Br)c2c(c(C)c1CO)CCCC2. The van der Waals surface area contributed by atoms with Crippen LogP contribution in [0.1, 0.15) is 35.1 Å². The van der Waals surface area contributed by atoms with Gasteiger partial charge in [-0.1, -0.05) is 0 Å². The van der Waals surface area contributed by atoms with Gasteiger partial charge in [0.2, 0.25) is 0 Å². The van der Waals surface area contributed by atoms with Crippen molar-refractivity contribution in [1.82, 2.24) is 0 Å². The molecule has 0 amide bonds. The van der Waals surface area contributed by atoms with Crippen LogP contribution in [-0.2, 0) is 19.4 Å². The third-order valence-corrected chi connectivity index (χ3v) is 4.31. The normalized spacial score (nSPS) is 14.8. The Morgan fingerprint density at radius 3 is 2.44 bits per heavy atom. The highest BCUT2D eigenvalue weighted by molar-refractivity contribution is 9.10. The summed E-state index contributed by atoms with van der Waals surface area (Å²) < 4.78 is 6.45. The molecule has 1 aliphatic carbocycles. The van der Waals surface area contributed by atoms with E-state index in [2.05, 4.69) is 22.9 Å². The zero-order valence-corrected chi connectivity index (χ0v) is 11.4. The molecule has 1 aliphatic rings. The molecule has 2 rings (SSSR count). The summed E-state index contributed by atoms with van der Waals surface area (Å²) in [6, 6.07) is 0. The molecular formula is C13H17BrO2. The van der Waals surface area contributed by atoms with E-state index in [1.165, 1.54) is 29.5 Å². The van der Waals surface area contributed by atoms with Crippen molar-refractivity contribution in [3.05, 3.63) is 26.7 Å². The summed E-state index contributed by atoms with van der Waals surface area (Å²) >= 11 is 3.62. The molecule has 0 spiro atoms. The van der Waals surface area contributed by atoms with E-state index in [1.54, 1.807) is 7.11 Å². The number of hydrogen-bond donors (Lipinski definition) is 1. The highest BCUT2D eigenvalue weighted by Gasteiger charge is 2.22. The second kappa shape index (κ2) is 4.76. The van der Waals surface area contributed by atoms with Crippen LogP contribution in [0.15, 0.2) is 4.47 Å². The van der Waals surface area contributed by atoms with Crippen molar-refractivity contribution in [2.24, 2.45) is 0 Å². The minimum Gasteiger partial charge on any atom is -0.495 e. The molecule has 1 N–H and O–H groups in total. The van der Waals surface area contributed by atoms with Gasteiger partial charge in [-0.05, 0) is 65.2 Å². The Balaban J connectivity index is 2.69. The van der Waals surface area contributed by atoms with Gasteiger partial charge < -0.3 is 9.84 Å². The Morgan fingerprint density at radius 2 is 1.88 bits per heavy atom. The third-order valence-electron chi connectivity index (χ3n) is 3.47. The number of halogens is 1. The summed E-state index contributed by atoms with van der Waals surface area (Å²) in [6.07, 6.45) is 4.72. The molecular weight excluding hydrogens is 268 g/mol. The fourth-order valence-corrected chi connectivity index (χ4v) is 3.43. The van der Waals surface area contributed by atoms with E-state index in [1.807, 2.05) is 0 Å². The molecule has 0 unspecified atom stereocenters. The molecule has 0 fully saturated rings. The fraction of sp³-hybridized carbons (Fsp3) is 0.538. The molecule has 2 nitrogen and oxygen atoms in total. The first-order valence-corrected chi connectivity index (χ1v) is 6.47. The second-order valence-corrected chi connectivity index (χ2v) is 5.07. The average Bonchev–Trinajstić information content (AvgIpc) is 2.33. The first-order valence-electron chi connectivity index (χ1n) is 5.68. The highest BCUT2D eigenvalue weighted by atomic mass is 79.9. The van der Waals surface area contributed by atoms with Gasteiger partial charge in [-0.25, -0.2) is 0 Å². The third kappa shape index (κ3) is 1.76. The lowest BCUT2D eigenvalue weighted by Gasteiger charge is -2.24. The van der Waals surface area contributed by atoms with Crippen molar-refractivity contribution in [2.45, 2.75) is 39.2 Å². The number of methoxy groups -OCH3 is 1. The van der Waals surface area contributed by atoms with Gasteiger partial charge in [0.25, 0.3) is 0 Å². The van der Waals surface area contributed by atoms with Crippen LogP contribution in [0, 0.1) is 6.92 Å². The first kappa shape index (κ1) is 11.9. The molecule has 0 aliphatic heterocycles. The Bertz CT molecular complexity index is 357. The summed E-state index contributed by atoms with van der Waals surface area (Å²) in [5, 5.41) is 9.46. The van der Waals surface area contributed by atoms with Gasteiger partial charge in [-0.15, -0.1) is 0 Å². The Hall–Kier alpha value is -0.540. The van der Waals surface area contributed by atoms with Crippen LogP contribution >= 0.6 is 15.9 Å². The van der Waals surface area contributed by atoms with E-state index in [0.717, 1.165) is 28.6 Å². The zero-order chi connectivity index (χ0) is 11.7. The smallest absolute Gasteiger partial charge is 0.139 e. The molecule has 1 aromatic carbocycles. The van der Waals surface area contributed by atoms with E-state index >= 15 is 0 Å². The number of benzene rings is 1. The topological polar surface area (TPSA) is 29.5 Å². The lowest BCUT2D eigenvalue weighted by Crippen LogP contribution is -2.10. The van der Waals surface area contributed by atoms with Crippen molar-refractivity contribution < 1.29 is 9.84 Å². The predicted molar refractivity (Wildman–Crippen MR) is 68.0 cm³/mol. The van der Waals surface area contributed by atoms with Crippen LogP contribution in [0.3, 0.4) is 0 Å². The molecule has 0 aromatic heterocycles. The quantitative estimate of drug-likeness (QED) is 0.904. The Labute approximate surface area is 105 Å². The van der Waals surface area contributed by atoms with Crippen molar-refractivity contribution >= 4 is 15.9 Å². The summed E-state index contributed by atoms with van der Waals surface area (Å²) in [6.45, 7) is 2.13. The van der Waals surface area contributed by atoms with E-state index in [9.17, 15) is 5.11 Å². The molecule has 0 bridgehead atoms. The molecule has 1 aromatic rings. The maximum absolute atomic E-state index is 9.46. The Morgan fingerprint density at radius 1 is 1.25 bits per heavy atom. The number of aliphatic hydroxyl groups is 1. The molecule has 0 atom stereocenters. The maximum Gasteiger partial charge on any atom is 0.139 e. The predicted octanol–water partition coefficient (Wildman–Crippen LogP) is 3.14. The second-order valence-electron chi connectivity index (χ2n) is 4.27. The number of rotatable bonds is 2. The fourth-order valence-electron chi connectivity index (χ4n) is 2.59. The monoisotopic (exact) mass is 284 g/mol. The van der Waals surface area contributed by atoms with Crippen molar-refractivity contribution in [2.75, 3.05) is 7.11 Å². The molecule has 16 heavy (non-hydrogen) atoms. The summed E-state index contributed by atoms with van der Waals surface area (Å²) in [7, 11) is 1.66. The van der Waals surface area contributed by atoms with Gasteiger partial charge in [0.1, 0.15) is 5.75 Å². The standard InChI is InChI=1S/C13H17BrO2/c1-8-9-5-3-4-6-10(9)12(14)13(16-2)11(8)7-15/h15H,3-7H2,1-2H3. The molecule has 0 saturated carbocycles. The van der Waals surface area contributed by atoms with Gasteiger partial charge >= 0.3 is 0 Å². The van der Waals surface area contributed by atoms with Gasteiger partial charge in [0.15, 0.2) is 0 Å². The van der Waals surface area contributed by atoms with Crippen LogP contribution in [0.2, 0.25) is 0 Å². The van der Waals surface area contributed by atoms with Crippen molar-refractivity contribution in [3.63, 3.8) is 0 Å². The lowest BCUT2D eigenvalue weighted by atomic mass is 9.86. The number of ether oxygens (including phenoxy) is 1. The van der Waals surface area contributed by atoms with Crippen LogP contribution in [0.4, 0.5) is 0 Å². The van der Waals surface area contributed by atoms with Crippen LogP contribution in [-0.4, -0.2) is 12.2 Å². The number of fused-ring (bicyclic) bond motifs is 1. The Kier molecular flexibility index (Phi) is 3.55. The van der Waals surface area contributed by atoms with Crippen molar-refractivity contribution in [3.8, 4) is 5.75 Å². The molecule has 3 heteroatoms. The average molecular weight is 285 g/mol. The maximum atomic E-state index is 9.46. The summed E-state index contributed by atoms with van der Waals surface area (Å²) in [5.74, 6) is 0.806.